The highest BCUT2D eigenvalue weighted by atomic mass is 16.5. The summed E-state index contributed by atoms with van der Waals surface area (Å²) >= 11 is 0. The van der Waals surface area contributed by atoms with Gasteiger partial charge in [0.15, 0.2) is 0 Å². The van der Waals surface area contributed by atoms with Gasteiger partial charge in [-0.2, -0.15) is 0 Å². The smallest absolute Gasteiger partial charge is 0.0634 e. The molecular formula is C13H27NO3. The molecule has 0 aromatic heterocycles. The van der Waals surface area contributed by atoms with Crippen molar-refractivity contribution in [2.75, 3.05) is 40.0 Å². The van der Waals surface area contributed by atoms with Crippen molar-refractivity contribution in [2.45, 2.75) is 38.2 Å². The zero-order valence-corrected chi connectivity index (χ0v) is 11.2. The molecule has 0 aromatic carbocycles. The van der Waals surface area contributed by atoms with E-state index in [1.54, 1.807) is 7.11 Å². The number of ether oxygens (including phenoxy) is 2. The van der Waals surface area contributed by atoms with Crippen molar-refractivity contribution in [2.24, 2.45) is 5.92 Å². The average molecular weight is 245 g/mol. The predicted octanol–water partition coefficient (Wildman–Crippen LogP) is 1.18. The summed E-state index contributed by atoms with van der Waals surface area (Å²) < 4.78 is 10.3. The second-order valence-electron chi connectivity index (χ2n) is 5.25. The van der Waals surface area contributed by atoms with E-state index in [-0.39, 0.29) is 0 Å². The number of nitrogens with one attached hydrogen (secondary N) is 1. The molecule has 1 saturated heterocycles. The molecule has 1 rings (SSSR count). The zero-order chi connectivity index (χ0) is 12.6. The SMILES string of the molecule is COCCNCCC(C)(O)CC1CCOCC1. The summed E-state index contributed by atoms with van der Waals surface area (Å²) in [6.45, 7) is 6.08. The molecule has 0 aromatic rings. The van der Waals surface area contributed by atoms with Gasteiger partial charge in [-0.1, -0.05) is 0 Å². The van der Waals surface area contributed by atoms with E-state index in [0.717, 1.165) is 58.6 Å². The summed E-state index contributed by atoms with van der Waals surface area (Å²) in [7, 11) is 1.70. The molecular weight excluding hydrogens is 218 g/mol. The molecule has 1 aliphatic rings. The van der Waals surface area contributed by atoms with Crippen molar-refractivity contribution in [3.63, 3.8) is 0 Å². The summed E-state index contributed by atoms with van der Waals surface area (Å²) in [5, 5.41) is 13.6. The fourth-order valence-electron chi connectivity index (χ4n) is 2.33. The second-order valence-corrected chi connectivity index (χ2v) is 5.25. The van der Waals surface area contributed by atoms with Crippen molar-refractivity contribution >= 4 is 0 Å². The van der Waals surface area contributed by atoms with Crippen molar-refractivity contribution in [3.05, 3.63) is 0 Å². The summed E-state index contributed by atoms with van der Waals surface area (Å²) in [5.41, 5.74) is -0.553. The second kappa shape index (κ2) is 8.03. The third-order valence-electron chi connectivity index (χ3n) is 3.39. The molecule has 1 atom stereocenters. The number of aliphatic hydroxyl groups is 1. The fourth-order valence-corrected chi connectivity index (χ4v) is 2.33. The van der Waals surface area contributed by atoms with E-state index in [1.165, 1.54) is 0 Å². The Labute approximate surface area is 105 Å². The topological polar surface area (TPSA) is 50.7 Å². The van der Waals surface area contributed by atoms with Crippen molar-refractivity contribution in [3.8, 4) is 0 Å². The standard InChI is InChI=1S/C13H27NO3/c1-13(15,5-6-14-7-10-16-2)11-12-3-8-17-9-4-12/h12,14-15H,3-11H2,1-2H3. The molecule has 0 aliphatic carbocycles. The Hall–Kier alpha value is -0.160. The predicted molar refractivity (Wildman–Crippen MR) is 68.1 cm³/mol. The summed E-state index contributed by atoms with van der Waals surface area (Å²) in [6, 6.07) is 0. The molecule has 1 unspecified atom stereocenters. The van der Waals surface area contributed by atoms with Crippen LogP contribution in [0.2, 0.25) is 0 Å². The van der Waals surface area contributed by atoms with Gasteiger partial charge in [0.25, 0.3) is 0 Å². The van der Waals surface area contributed by atoms with E-state index < -0.39 is 5.60 Å². The van der Waals surface area contributed by atoms with Gasteiger partial charge in [0.1, 0.15) is 0 Å². The number of hydrogen-bond donors (Lipinski definition) is 2. The lowest BCUT2D eigenvalue weighted by atomic mass is 9.85. The van der Waals surface area contributed by atoms with Gasteiger partial charge in [-0.05, 0) is 45.1 Å². The monoisotopic (exact) mass is 245 g/mol. The maximum Gasteiger partial charge on any atom is 0.0634 e. The number of hydrogen-bond acceptors (Lipinski definition) is 4. The normalized spacial score (nSPS) is 21.4. The van der Waals surface area contributed by atoms with Crippen LogP contribution in [-0.4, -0.2) is 50.7 Å². The lowest BCUT2D eigenvalue weighted by Crippen LogP contribution is -2.34. The van der Waals surface area contributed by atoms with E-state index in [0.29, 0.717) is 5.92 Å². The van der Waals surface area contributed by atoms with E-state index in [9.17, 15) is 5.11 Å². The lowest BCUT2D eigenvalue weighted by molar-refractivity contribution is -0.00481. The van der Waals surface area contributed by atoms with Crippen molar-refractivity contribution < 1.29 is 14.6 Å². The Morgan fingerprint density at radius 3 is 2.71 bits per heavy atom. The highest BCUT2D eigenvalue weighted by Crippen LogP contribution is 2.27. The molecule has 0 amide bonds. The van der Waals surface area contributed by atoms with Crippen LogP contribution in [0.15, 0.2) is 0 Å². The molecule has 1 aliphatic heterocycles. The van der Waals surface area contributed by atoms with Gasteiger partial charge in [-0.3, -0.25) is 0 Å². The summed E-state index contributed by atoms with van der Waals surface area (Å²) in [5.74, 6) is 0.623. The number of methoxy groups -OCH3 is 1. The van der Waals surface area contributed by atoms with Gasteiger partial charge in [0.05, 0.1) is 12.2 Å². The quantitative estimate of drug-likeness (QED) is 0.631. The maximum absolute atomic E-state index is 10.3. The van der Waals surface area contributed by atoms with Crippen LogP contribution < -0.4 is 5.32 Å². The van der Waals surface area contributed by atoms with Gasteiger partial charge in [0, 0.05) is 26.9 Å². The van der Waals surface area contributed by atoms with Gasteiger partial charge >= 0.3 is 0 Å². The molecule has 2 N–H and O–H groups in total. The van der Waals surface area contributed by atoms with E-state index in [1.807, 2.05) is 6.92 Å². The Bertz CT molecular complexity index is 191. The highest BCUT2D eigenvalue weighted by molar-refractivity contribution is 4.79. The van der Waals surface area contributed by atoms with Crippen molar-refractivity contribution in [1.29, 1.82) is 0 Å². The molecule has 0 spiro atoms. The average Bonchev–Trinajstić information content (AvgIpc) is 2.29. The summed E-state index contributed by atoms with van der Waals surface area (Å²) in [4.78, 5) is 0. The Morgan fingerprint density at radius 1 is 1.35 bits per heavy atom. The minimum absolute atomic E-state index is 0.553. The first-order valence-electron chi connectivity index (χ1n) is 6.64. The molecule has 17 heavy (non-hydrogen) atoms. The third kappa shape index (κ3) is 6.99. The molecule has 0 radical (unpaired) electrons. The van der Waals surface area contributed by atoms with Crippen LogP contribution in [0.3, 0.4) is 0 Å². The van der Waals surface area contributed by atoms with Crippen molar-refractivity contribution in [1.82, 2.24) is 5.32 Å². The first kappa shape index (κ1) is 14.9. The van der Waals surface area contributed by atoms with Crippen LogP contribution in [0.4, 0.5) is 0 Å². The number of rotatable bonds is 8. The molecule has 0 saturated carbocycles. The molecule has 4 nitrogen and oxygen atoms in total. The molecule has 1 heterocycles. The minimum atomic E-state index is -0.553. The molecule has 1 fully saturated rings. The van der Waals surface area contributed by atoms with E-state index in [4.69, 9.17) is 9.47 Å². The van der Waals surface area contributed by atoms with Crippen LogP contribution in [0.5, 0.6) is 0 Å². The first-order chi connectivity index (χ1) is 8.14. The Balaban J connectivity index is 2.11. The van der Waals surface area contributed by atoms with E-state index >= 15 is 0 Å². The van der Waals surface area contributed by atoms with Crippen LogP contribution in [0, 0.1) is 5.92 Å². The van der Waals surface area contributed by atoms with Crippen LogP contribution in [-0.2, 0) is 9.47 Å². The molecule has 102 valence electrons. The van der Waals surface area contributed by atoms with Gasteiger partial charge in [-0.25, -0.2) is 0 Å². The van der Waals surface area contributed by atoms with Crippen LogP contribution in [0.1, 0.15) is 32.6 Å². The Morgan fingerprint density at radius 2 is 2.06 bits per heavy atom. The van der Waals surface area contributed by atoms with Crippen LogP contribution in [0.25, 0.3) is 0 Å². The minimum Gasteiger partial charge on any atom is -0.390 e. The van der Waals surface area contributed by atoms with Gasteiger partial charge in [0.2, 0.25) is 0 Å². The molecule has 0 bridgehead atoms. The largest absolute Gasteiger partial charge is 0.390 e. The maximum atomic E-state index is 10.3. The van der Waals surface area contributed by atoms with Gasteiger partial charge in [-0.15, -0.1) is 0 Å². The van der Waals surface area contributed by atoms with Gasteiger partial charge < -0.3 is 19.9 Å². The fraction of sp³-hybridized carbons (Fsp3) is 1.00. The highest BCUT2D eigenvalue weighted by Gasteiger charge is 2.26. The Kier molecular flexibility index (Phi) is 7.04. The van der Waals surface area contributed by atoms with E-state index in [2.05, 4.69) is 5.32 Å². The summed E-state index contributed by atoms with van der Waals surface area (Å²) in [6.07, 6.45) is 3.87. The lowest BCUT2D eigenvalue weighted by Gasteiger charge is -2.30. The zero-order valence-electron chi connectivity index (χ0n) is 11.2. The third-order valence-corrected chi connectivity index (χ3v) is 3.39. The first-order valence-corrected chi connectivity index (χ1v) is 6.64. The van der Waals surface area contributed by atoms with Crippen LogP contribution >= 0.6 is 0 Å². The molecule has 4 heteroatoms.